The van der Waals surface area contributed by atoms with Gasteiger partial charge in [-0.3, -0.25) is 9.59 Å². The van der Waals surface area contributed by atoms with Crippen LogP contribution in [-0.4, -0.2) is 56.2 Å². The summed E-state index contributed by atoms with van der Waals surface area (Å²) in [4.78, 5) is 27.4. The molecule has 2 aliphatic heterocycles. The first kappa shape index (κ1) is 20.1. The second kappa shape index (κ2) is 7.89. The smallest absolute Gasteiger partial charge is 0.257 e. The number of hydrogen-bond donors (Lipinski definition) is 1. The summed E-state index contributed by atoms with van der Waals surface area (Å²) in [6.07, 6.45) is 1.26. The van der Waals surface area contributed by atoms with Crippen LogP contribution in [0.4, 0.5) is 0 Å². The SMILES string of the molecule is COc1ccc(C(=O)N2CCC3(CC2)CNC(=O)c2cc(C)ccc2O3)c(OC)c1. The van der Waals surface area contributed by atoms with E-state index in [0.717, 1.165) is 5.56 Å². The summed E-state index contributed by atoms with van der Waals surface area (Å²) in [6.45, 7) is 3.44. The van der Waals surface area contributed by atoms with Gasteiger partial charge >= 0.3 is 0 Å². The molecule has 7 nitrogen and oxygen atoms in total. The van der Waals surface area contributed by atoms with E-state index in [-0.39, 0.29) is 11.8 Å². The number of nitrogens with one attached hydrogen (secondary N) is 1. The molecule has 0 atom stereocenters. The minimum Gasteiger partial charge on any atom is -0.497 e. The van der Waals surface area contributed by atoms with Crippen molar-refractivity contribution < 1.29 is 23.8 Å². The molecule has 30 heavy (non-hydrogen) atoms. The summed E-state index contributed by atoms with van der Waals surface area (Å²) in [5.41, 5.74) is 1.56. The molecule has 2 aromatic rings. The third-order valence-electron chi connectivity index (χ3n) is 5.88. The Kier molecular flexibility index (Phi) is 5.28. The summed E-state index contributed by atoms with van der Waals surface area (Å²) in [5.74, 6) is 1.52. The highest BCUT2D eigenvalue weighted by Gasteiger charge is 2.41. The molecule has 158 valence electrons. The van der Waals surface area contributed by atoms with Gasteiger partial charge in [0.2, 0.25) is 0 Å². The van der Waals surface area contributed by atoms with Crippen molar-refractivity contribution in [3.63, 3.8) is 0 Å². The van der Waals surface area contributed by atoms with Crippen LogP contribution in [0.1, 0.15) is 39.1 Å². The summed E-state index contributed by atoms with van der Waals surface area (Å²) in [6, 6.07) is 10.8. The van der Waals surface area contributed by atoms with Crippen molar-refractivity contribution in [2.75, 3.05) is 33.9 Å². The van der Waals surface area contributed by atoms with Crippen molar-refractivity contribution in [2.24, 2.45) is 0 Å². The van der Waals surface area contributed by atoms with Gasteiger partial charge in [-0.15, -0.1) is 0 Å². The maximum atomic E-state index is 13.1. The lowest BCUT2D eigenvalue weighted by atomic mass is 9.90. The lowest BCUT2D eigenvalue weighted by Gasteiger charge is -2.41. The van der Waals surface area contributed by atoms with Gasteiger partial charge in [-0.2, -0.15) is 0 Å². The monoisotopic (exact) mass is 410 g/mol. The van der Waals surface area contributed by atoms with Gasteiger partial charge in [-0.05, 0) is 31.2 Å². The Morgan fingerprint density at radius 1 is 1.10 bits per heavy atom. The Labute approximate surface area is 175 Å². The molecule has 0 saturated carbocycles. The van der Waals surface area contributed by atoms with Crippen LogP contribution in [0.2, 0.25) is 0 Å². The number of hydrogen-bond acceptors (Lipinski definition) is 5. The Morgan fingerprint density at radius 3 is 2.57 bits per heavy atom. The summed E-state index contributed by atoms with van der Waals surface area (Å²) in [5, 5.41) is 2.99. The van der Waals surface area contributed by atoms with Gasteiger partial charge in [0, 0.05) is 32.0 Å². The van der Waals surface area contributed by atoms with Gasteiger partial charge < -0.3 is 24.4 Å². The molecule has 0 radical (unpaired) electrons. The number of ether oxygens (including phenoxy) is 3. The van der Waals surface area contributed by atoms with E-state index in [1.165, 1.54) is 7.11 Å². The molecule has 2 aliphatic rings. The van der Waals surface area contributed by atoms with Crippen LogP contribution in [0.3, 0.4) is 0 Å². The minimum atomic E-state index is -0.517. The predicted molar refractivity (Wildman–Crippen MR) is 112 cm³/mol. The van der Waals surface area contributed by atoms with E-state index in [2.05, 4.69) is 5.32 Å². The van der Waals surface area contributed by atoms with Gasteiger partial charge in [0.15, 0.2) is 0 Å². The lowest BCUT2D eigenvalue weighted by molar-refractivity contribution is 0.00762. The summed E-state index contributed by atoms with van der Waals surface area (Å²) in [7, 11) is 3.11. The van der Waals surface area contributed by atoms with Crippen molar-refractivity contribution >= 4 is 11.8 Å². The quantitative estimate of drug-likeness (QED) is 0.842. The van der Waals surface area contributed by atoms with E-state index in [0.29, 0.717) is 60.9 Å². The first-order valence-corrected chi connectivity index (χ1v) is 10.0. The zero-order chi connectivity index (χ0) is 21.3. The number of methoxy groups -OCH3 is 2. The molecule has 0 aromatic heterocycles. The number of likely N-dealkylation sites (tertiary alicyclic amines) is 1. The topological polar surface area (TPSA) is 77.1 Å². The largest absolute Gasteiger partial charge is 0.497 e. The Bertz CT molecular complexity index is 980. The van der Waals surface area contributed by atoms with Crippen LogP contribution in [0.15, 0.2) is 36.4 Å². The van der Waals surface area contributed by atoms with Gasteiger partial charge in [0.25, 0.3) is 11.8 Å². The van der Waals surface area contributed by atoms with Crippen molar-refractivity contribution in [1.82, 2.24) is 10.2 Å². The number of aryl methyl sites for hydroxylation is 1. The van der Waals surface area contributed by atoms with Gasteiger partial charge in [0.05, 0.1) is 31.9 Å². The highest BCUT2D eigenvalue weighted by molar-refractivity contribution is 5.98. The van der Waals surface area contributed by atoms with Gasteiger partial charge in [-0.25, -0.2) is 0 Å². The van der Waals surface area contributed by atoms with Crippen LogP contribution in [0.25, 0.3) is 0 Å². The van der Waals surface area contributed by atoms with Crippen LogP contribution < -0.4 is 19.5 Å². The third-order valence-corrected chi connectivity index (χ3v) is 5.88. The van der Waals surface area contributed by atoms with Gasteiger partial charge in [0.1, 0.15) is 22.8 Å². The molecule has 0 unspecified atom stereocenters. The highest BCUT2D eigenvalue weighted by Crippen LogP contribution is 2.34. The van der Waals surface area contributed by atoms with Crippen LogP contribution >= 0.6 is 0 Å². The minimum absolute atomic E-state index is 0.0852. The molecule has 0 bridgehead atoms. The lowest BCUT2D eigenvalue weighted by Crippen LogP contribution is -2.54. The van der Waals surface area contributed by atoms with Gasteiger partial charge in [-0.1, -0.05) is 11.6 Å². The molecule has 2 amide bonds. The van der Waals surface area contributed by atoms with Crippen molar-refractivity contribution in [3.05, 3.63) is 53.1 Å². The number of carbonyl (C=O) groups is 2. The highest BCUT2D eigenvalue weighted by atomic mass is 16.5. The molecule has 7 heteroatoms. The van der Waals surface area contributed by atoms with Crippen LogP contribution in [0.5, 0.6) is 17.2 Å². The first-order chi connectivity index (χ1) is 14.4. The molecule has 1 spiro atoms. The standard InChI is InChI=1S/C23H26N2O5/c1-15-4-7-19-18(12-15)21(26)24-14-23(30-19)8-10-25(11-9-23)22(27)17-6-5-16(28-2)13-20(17)29-3/h4-7,12-13H,8-11,14H2,1-3H3,(H,24,26). The Hall–Kier alpha value is -3.22. The number of piperidine rings is 1. The average molecular weight is 410 g/mol. The fraction of sp³-hybridized carbons (Fsp3) is 0.391. The second-order valence-corrected chi connectivity index (χ2v) is 7.83. The summed E-state index contributed by atoms with van der Waals surface area (Å²) < 4.78 is 17.0. The number of fused-ring (bicyclic) bond motifs is 1. The molecular weight excluding hydrogens is 384 g/mol. The van der Waals surface area contributed by atoms with E-state index in [1.807, 2.05) is 30.0 Å². The molecule has 4 rings (SSSR count). The van der Waals surface area contributed by atoms with E-state index < -0.39 is 5.60 Å². The Balaban J connectivity index is 1.50. The molecular formula is C23H26N2O5. The zero-order valence-corrected chi connectivity index (χ0v) is 17.5. The Morgan fingerprint density at radius 2 is 1.87 bits per heavy atom. The van der Waals surface area contributed by atoms with E-state index in [4.69, 9.17) is 14.2 Å². The maximum Gasteiger partial charge on any atom is 0.257 e. The number of carbonyl (C=O) groups excluding carboxylic acids is 2. The normalized spacial score (nSPS) is 17.4. The van der Waals surface area contributed by atoms with E-state index in [9.17, 15) is 9.59 Å². The zero-order valence-electron chi connectivity index (χ0n) is 17.5. The maximum absolute atomic E-state index is 13.1. The van der Waals surface area contributed by atoms with Crippen molar-refractivity contribution in [2.45, 2.75) is 25.4 Å². The number of benzene rings is 2. The second-order valence-electron chi connectivity index (χ2n) is 7.83. The number of nitrogens with zero attached hydrogens (tertiary/aromatic N) is 1. The molecule has 2 heterocycles. The molecule has 1 saturated heterocycles. The molecule has 2 aromatic carbocycles. The third kappa shape index (κ3) is 3.67. The summed E-state index contributed by atoms with van der Waals surface area (Å²) >= 11 is 0. The average Bonchev–Trinajstić information content (AvgIpc) is 2.90. The first-order valence-electron chi connectivity index (χ1n) is 10.0. The van der Waals surface area contributed by atoms with Crippen molar-refractivity contribution in [3.8, 4) is 17.2 Å². The van der Waals surface area contributed by atoms with E-state index in [1.54, 1.807) is 25.3 Å². The number of amides is 2. The fourth-order valence-corrected chi connectivity index (χ4v) is 4.06. The molecule has 0 aliphatic carbocycles. The van der Waals surface area contributed by atoms with Crippen LogP contribution in [-0.2, 0) is 0 Å². The fourth-order valence-electron chi connectivity index (χ4n) is 4.06. The van der Waals surface area contributed by atoms with Crippen molar-refractivity contribution in [1.29, 1.82) is 0 Å². The molecule has 1 N–H and O–H groups in total. The predicted octanol–water partition coefficient (Wildman–Crippen LogP) is 2.81. The molecule has 1 fully saturated rings. The number of rotatable bonds is 3. The van der Waals surface area contributed by atoms with E-state index >= 15 is 0 Å². The van der Waals surface area contributed by atoms with Crippen LogP contribution in [0, 0.1) is 6.92 Å².